The lowest BCUT2D eigenvalue weighted by molar-refractivity contribution is 0.102. The summed E-state index contributed by atoms with van der Waals surface area (Å²) in [6.45, 7) is 6.01. The first kappa shape index (κ1) is 19.9. The molecule has 2 aromatic heterocycles. The van der Waals surface area contributed by atoms with Gasteiger partial charge in [-0.1, -0.05) is 0 Å². The Labute approximate surface area is 175 Å². The number of amides is 1. The molecular formula is C23H27N5O2. The lowest BCUT2D eigenvalue weighted by atomic mass is 10.1. The van der Waals surface area contributed by atoms with Crippen molar-refractivity contribution in [3.8, 4) is 11.1 Å². The Kier molecular flexibility index (Phi) is 5.44. The number of nitrogens with one attached hydrogen (secondary N) is 2. The summed E-state index contributed by atoms with van der Waals surface area (Å²) in [5.41, 5.74) is 5.17. The predicted octanol–water partition coefficient (Wildman–Crippen LogP) is 3.63. The number of pyridine rings is 1. The minimum Gasteiger partial charge on any atom is -0.372 e. The maximum atomic E-state index is 12.7. The number of rotatable bonds is 4. The number of aromatic nitrogens is 3. The van der Waals surface area contributed by atoms with E-state index in [4.69, 9.17) is 0 Å². The number of carbonyl (C=O) groups excluding carboxylic acids is 1. The SMILES string of the molecule is Cc1nn(C)c(C)c1-c1c[nH]c(=O)c(NC(=O)c2ccc(N3CCCCC3)cc2)c1. The first-order valence-electron chi connectivity index (χ1n) is 10.3. The van der Waals surface area contributed by atoms with Gasteiger partial charge in [-0.3, -0.25) is 14.3 Å². The van der Waals surface area contributed by atoms with Gasteiger partial charge in [-0.2, -0.15) is 5.10 Å². The van der Waals surface area contributed by atoms with E-state index >= 15 is 0 Å². The van der Waals surface area contributed by atoms with E-state index in [1.54, 1.807) is 16.9 Å². The molecule has 1 amide bonds. The number of nitrogens with zero attached hydrogens (tertiary/aromatic N) is 3. The van der Waals surface area contributed by atoms with Crippen LogP contribution in [-0.2, 0) is 7.05 Å². The van der Waals surface area contributed by atoms with Crippen LogP contribution in [0.25, 0.3) is 11.1 Å². The fourth-order valence-corrected chi connectivity index (χ4v) is 4.08. The van der Waals surface area contributed by atoms with E-state index < -0.39 is 0 Å². The molecule has 2 N–H and O–H groups in total. The molecule has 1 aliphatic rings. The first-order chi connectivity index (χ1) is 14.4. The Morgan fingerprint density at radius 2 is 1.80 bits per heavy atom. The van der Waals surface area contributed by atoms with E-state index in [-0.39, 0.29) is 17.2 Å². The van der Waals surface area contributed by atoms with Crippen molar-refractivity contribution in [2.75, 3.05) is 23.3 Å². The molecule has 3 aromatic rings. The highest BCUT2D eigenvalue weighted by atomic mass is 16.2. The average molecular weight is 406 g/mol. The molecule has 4 rings (SSSR count). The quantitative estimate of drug-likeness (QED) is 0.694. The molecule has 3 heterocycles. The van der Waals surface area contributed by atoms with Crippen LogP contribution in [0.3, 0.4) is 0 Å². The van der Waals surface area contributed by atoms with Crippen LogP contribution in [-0.4, -0.2) is 33.8 Å². The number of aryl methyl sites for hydroxylation is 2. The van der Waals surface area contributed by atoms with Crippen molar-refractivity contribution in [3.05, 3.63) is 63.8 Å². The summed E-state index contributed by atoms with van der Waals surface area (Å²) in [4.78, 5) is 30.1. The number of piperidine rings is 1. The molecule has 1 saturated heterocycles. The molecule has 1 aromatic carbocycles. The molecule has 0 unspecified atom stereocenters. The predicted molar refractivity (Wildman–Crippen MR) is 119 cm³/mol. The zero-order valence-electron chi connectivity index (χ0n) is 17.7. The van der Waals surface area contributed by atoms with Crippen molar-refractivity contribution in [3.63, 3.8) is 0 Å². The Bertz CT molecular complexity index is 1120. The Balaban J connectivity index is 1.55. The fraction of sp³-hybridized carbons (Fsp3) is 0.348. The van der Waals surface area contributed by atoms with Crippen LogP contribution in [0.4, 0.5) is 11.4 Å². The second-order valence-electron chi connectivity index (χ2n) is 7.85. The zero-order chi connectivity index (χ0) is 21.3. The summed E-state index contributed by atoms with van der Waals surface area (Å²) in [6, 6.07) is 9.28. The van der Waals surface area contributed by atoms with Crippen molar-refractivity contribution >= 4 is 17.3 Å². The van der Waals surface area contributed by atoms with Crippen LogP contribution in [0.2, 0.25) is 0 Å². The standard InChI is InChI=1S/C23H27N5O2/c1-15-21(16(2)27(3)26-15)18-13-20(23(30)24-14-18)25-22(29)17-7-9-19(10-8-17)28-11-5-4-6-12-28/h7-10,13-14H,4-6,11-12H2,1-3H3,(H,24,30)(H,25,29). The summed E-state index contributed by atoms with van der Waals surface area (Å²) in [6.07, 6.45) is 5.35. The summed E-state index contributed by atoms with van der Waals surface area (Å²) in [5.74, 6) is -0.303. The summed E-state index contributed by atoms with van der Waals surface area (Å²) >= 11 is 0. The third-order valence-corrected chi connectivity index (χ3v) is 5.80. The van der Waals surface area contributed by atoms with E-state index in [0.717, 1.165) is 41.3 Å². The molecular weight excluding hydrogens is 378 g/mol. The van der Waals surface area contributed by atoms with Crippen molar-refractivity contribution in [1.82, 2.24) is 14.8 Å². The molecule has 30 heavy (non-hydrogen) atoms. The van der Waals surface area contributed by atoms with Gasteiger partial charge in [0.25, 0.3) is 11.5 Å². The summed E-state index contributed by atoms with van der Waals surface area (Å²) in [5, 5.41) is 7.19. The molecule has 0 bridgehead atoms. The minimum atomic E-state index is -0.337. The Hall–Kier alpha value is -3.35. The van der Waals surface area contributed by atoms with E-state index in [0.29, 0.717) is 5.56 Å². The molecule has 7 heteroatoms. The number of hydrogen-bond acceptors (Lipinski definition) is 4. The van der Waals surface area contributed by atoms with Crippen molar-refractivity contribution in [1.29, 1.82) is 0 Å². The Morgan fingerprint density at radius 3 is 2.43 bits per heavy atom. The van der Waals surface area contributed by atoms with Gasteiger partial charge in [-0.25, -0.2) is 0 Å². The highest BCUT2D eigenvalue weighted by Crippen LogP contribution is 2.27. The van der Waals surface area contributed by atoms with Gasteiger partial charge in [0.1, 0.15) is 5.69 Å². The Morgan fingerprint density at radius 1 is 1.10 bits per heavy atom. The average Bonchev–Trinajstić information content (AvgIpc) is 3.02. The number of benzene rings is 1. The monoisotopic (exact) mass is 405 g/mol. The second-order valence-corrected chi connectivity index (χ2v) is 7.85. The highest BCUT2D eigenvalue weighted by Gasteiger charge is 2.16. The minimum absolute atomic E-state index is 0.222. The zero-order valence-corrected chi connectivity index (χ0v) is 17.7. The molecule has 0 radical (unpaired) electrons. The normalized spacial score (nSPS) is 14.0. The van der Waals surface area contributed by atoms with Gasteiger partial charge in [0, 0.05) is 54.4 Å². The van der Waals surface area contributed by atoms with Crippen LogP contribution in [0, 0.1) is 13.8 Å². The number of anilines is 2. The number of hydrogen-bond donors (Lipinski definition) is 2. The van der Waals surface area contributed by atoms with Gasteiger partial charge >= 0.3 is 0 Å². The number of aromatic amines is 1. The smallest absolute Gasteiger partial charge is 0.271 e. The fourth-order valence-electron chi connectivity index (χ4n) is 4.08. The largest absolute Gasteiger partial charge is 0.372 e. The molecule has 156 valence electrons. The van der Waals surface area contributed by atoms with Gasteiger partial charge in [0.15, 0.2) is 0 Å². The van der Waals surface area contributed by atoms with Crippen LogP contribution < -0.4 is 15.8 Å². The first-order valence-corrected chi connectivity index (χ1v) is 10.3. The molecule has 7 nitrogen and oxygen atoms in total. The van der Waals surface area contributed by atoms with Crippen molar-refractivity contribution in [2.45, 2.75) is 33.1 Å². The van der Waals surface area contributed by atoms with Crippen LogP contribution in [0.5, 0.6) is 0 Å². The maximum absolute atomic E-state index is 12.7. The van der Waals surface area contributed by atoms with Gasteiger partial charge in [0.05, 0.1) is 5.69 Å². The topological polar surface area (TPSA) is 83.0 Å². The van der Waals surface area contributed by atoms with E-state index in [1.807, 2.05) is 45.2 Å². The molecule has 0 atom stereocenters. The van der Waals surface area contributed by atoms with Crippen molar-refractivity contribution < 1.29 is 4.79 Å². The third-order valence-electron chi connectivity index (χ3n) is 5.80. The maximum Gasteiger partial charge on any atom is 0.271 e. The van der Waals surface area contributed by atoms with E-state index in [9.17, 15) is 9.59 Å². The van der Waals surface area contributed by atoms with E-state index in [2.05, 4.69) is 20.3 Å². The van der Waals surface area contributed by atoms with Crippen LogP contribution >= 0.6 is 0 Å². The third kappa shape index (κ3) is 3.87. The molecule has 0 aliphatic carbocycles. The van der Waals surface area contributed by atoms with Gasteiger partial charge < -0.3 is 15.2 Å². The summed E-state index contributed by atoms with van der Waals surface area (Å²) < 4.78 is 1.80. The highest BCUT2D eigenvalue weighted by molar-refractivity contribution is 6.04. The van der Waals surface area contributed by atoms with Crippen molar-refractivity contribution in [2.24, 2.45) is 7.05 Å². The van der Waals surface area contributed by atoms with Gasteiger partial charge in [-0.15, -0.1) is 0 Å². The lowest BCUT2D eigenvalue weighted by Crippen LogP contribution is -2.29. The molecule has 1 fully saturated rings. The lowest BCUT2D eigenvalue weighted by Gasteiger charge is -2.28. The van der Waals surface area contributed by atoms with E-state index in [1.165, 1.54) is 19.3 Å². The number of H-pyrrole nitrogens is 1. The van der Waals surface area contributed by atoms with Gasteiger partial charge in [0.2, 0.25) is 0 Å². The molecule has 0 saturated carbocycles. The van der Waals surface area contributed by atoms with Crippen LogP contribution in [0.1, 0.15) is 41.0 Å². The molecule has 1 aliphatic heterocycles. The number of carbonyl (C=O) groups is 1. The van der Waals surface area contributed by atoms with Gasteiger partial charge in [-0.05, 0) is 63.4 Å². The molecule has 0 spiro atoms. The van der Waals surface area contributed by atoms with Crippen LogP contribution in [0.15, 0.2) is 41.3 Å². The summed E-state index contributed by atoms with van der Waals surface area (Å²) in [7, 11) is 1.88. The second kappa shape index (κ2) is 8.18.